The van der Waals surface area contributed by atoms with Crippen molar-refractivity contribution in [2.45, 2.75) is 12.5 Å². The summed E-state index contributed by atoms with van der Waals surface area (Å²) in [7, 11) is 0. The third-order valence-electron chi connectivity index (χ3n) is 5.11. The van der Waals surface area contributed by atoms with Crippen LogP contribution in [0.4, 0.5) is 5.69 Å². The van der Waals surface area contributed by atoms with Gasteiger partial charge in [-0.15, -0.1) is 0 Å². The number of aliphatic carboxylic acids is 2. The molecule has 1 fully saturated rings. The van der Waals surface area contributed by atoms with Crippen LogP contribution in [0.2, 0.25) is 0 Å². The zero-order valence-corrected chi connectivity index (χ0v) is 18.1. The fourth-order valence-electron chi connectivity index (χ4n) is 3.72. The van der Waals surface area contributed by atoms with E-state index in [0.29, 0.717) is 11.3 Å². The van der Waals surface area contributed by atoms with E-state index in [-0.39, 0.29) is 21.2 Å². The summed E-state index contributed by atoms with van der Waals surface area (Å²) in [6, 6.07) is 14.2. The van der Waals surface area contributed by atoms with E-state index >= 15 is 0 Å². The predicted molar refractivity (Wildman–Crippen MR) is 122 cm³/mol. The number of fused-ring (bicyclic) bond motifs is 1. The number of anilines is 1. The molecule has 2 aliphatic heterocycles. The molecule has 32 heavy (non-hydrogen) atoms. The number of rotatable bonds is 6. The van der Waals surface area contributed by atoms with Crippen LogP contribution in [-0.4, -0.2) is 55.8 Å². The van der Waals surface area contributed by atoms with Crippen molar-refractivity contribution in [3.05, 3.63) is 70.6 Å². The zero-order chi connectivity index (χ0) is 23.0. The maximum absolute atomic E-state index is 13.3. The second kappa shape index (κ2) is 8.56. The topological polar surface area (TPSA) is 115 Å². The second-order valence-corrected chi connectivity index (χ2v) is 8.74. The highest BCUT2D eigenvalue weighted by Crippen LogP contribution is 2.45. The van der Waals surface area contributed by atoms with E-state index in [4.69, 9.17) is 12.2 Å². The lowest BCUT2D eigenvalue weighted by Crippen LogP contribution is -2.45. The van der Waals surface area contributed by atoms with E-state index in [1.807, 2.05) is 0 Å². The number of carboxylic acids is 2. The lowest BCUT2D eigenvalue weighted by atomic mass is 10.0. The Kier molecular flexibility index (Phi) is 5.81. The molecule has 1 unspecified atom stereocenters. The van der Waals surface area contributed by atoms with Crippen molar-refractivity contribution in [1.29, 1.82) is 0 Å². The molecule has 0 spiro atoms. The maximum Gasteiger partial charge on any atom is 0.327 e. The third kappa shape index (κ3) is 3.78. The third-order valence-corrected chi connectivity index (χ3v) is 6.51. The van der Waals surface area contributed by atoms with E-state index in [2.05, 4.69) is 0 Å². The standard InChI is InChI=1S/C22H16N2O6S2/c25-16(26)11-23-14-9-5-4-8-13(14)17(19(23)27)18-20(28)24(22(31)32-18)15(21(29)30)10-12-6-2-1-3-7-12/h1-9,15H,10-11H2,(H,25,26)(H,29,30)/b18-17+. The number of para-hydroxylation sites is 1. The van der Waals surface area contributed by atoms with Gasteiger partial charge in [0, 0.05) is 12.0 Å². The molecule has 1 atom stereocenters. The first-order chi connectivity index (χ1) is 15.3. The minimum atomic E-state index is -1.25. The summed E-state index contributed by atoms with van der Waals surface area (Å²) in [5.74, 6) is -3.74. The van der Waals surface area contributed by atoms with Crippen molar-refractivity contribution in [3.8, 4) is 0 Å². The molecule has 0 aromatic heterocycles. The van der Waals surface area contributed by atoms with E-state index < -0.39 is 36.3 Å². The van der Waals surface area contributed by atoms with Gasteiger partial charge in [-0.2, -0.15) is 0 Å². The monoisotopic (exact) mass is 468 g/mol. The normalized spacial score (nSPS) is 18.8. The Morgan fingerprint density at radius 2 is 1.62 bits per heavy atom. The summed E-state index contributed by atoms with van der Waals surface area (Å²) in [5.41, 5.74) is 1.54. The van der Waals surface area contributed by atoms with Crippen LogP contribution >= 0.6 is 24.0 Å². The Hall–Kier alpha value is -3.50. The van der Waals surface area contributed by atoms with Crippen molar-refractivity contribution in [3.63, 3.8) is 0 Å². The number of carbonyl (C=O) groups is 4. The minimum absolute atomic E-state index is 0.000324. The van der Waals surface area contributed by atoms with E-state index in [1.54, 1.807) is 54.6 Å². The first-order valence-corrected chi connectivity index (χ1v) is 10.7. The number of thioether (sulfide) groups is 1. The van der Waals surface area contributed by atoms with Crippen LogP contribution < -0.4 is 4.90 Å². The van der Waals surface area contributed by atoms with Crippen LogP contribution in [-0.2, 0) is 25.6 Å². The molecule has 0 aliphatic carbocycles. The first kappa shape index (κ1) is 21.7. The zero-order valence-electron chi connectivity index (χ0n) is 16.4. The average Bonchev–Trinajstić information content (AvgIpc) is 3.19. The Labute approximate surface area is 192 Å². The molecule has 2 heterocycles. The van der Waals surface area contributed by atoms with Crippen molar-refractivity contribution in [1.82, 2.24) is 4.90 Å². The Morgan fingerprint density at radius 1 is 0.969 bits per heavy atom. The summed E-state index contributed by atoms with van der Waals surface area (Å²) in [4.78, 5) is 51.8. The van der Waals surface area contributed by atoms with Crippen molar-refractivity contribution >= 4 is 63.3 Å². The number of hydrogen-bond acceptors (Lipinski definition) is 6. The molecule has 2 N–H and O–H groups in total. The molecule has 10 heteroatoms. The van der Waals surface area contributed by atoms with Gasteiger partial charge in [0.15, 0.2) is 0 Å². The van der Waals surface area contributed by atoms with Gasteiger partial charge in [-0.05, 0) is 11.6 Å². The molecule has 4 rings (SSSR count). The number of benzene rings is 2. The van der Waals surface area contributed by atoms with Gasteiger partial charge in [0.05, 0.1) is 16.2 Å². The van der Waals surface area contributed by atoms with Gasteiger partial charge in [0.25, 0.3) is 11.8 Å². The highest BCUT2D eigenvalue weighted by Gasteiger charge is 2.46. The van der Waals surface area contributed by atoms with Gasteiger partial charge >= 0.3 is 11.9 Å². The number of thiocarbonyl (C=S) groups is 1. The summed E-state index contributed by atoms with van der Waals surface area (Å²) >= 11 is 6.18. The summed E-state index contributed by atoms with van der Waals surface area (Å²) in [6.45, 7) is -0.564. The van der Waals surface area contributed by atoms with E-state index in [1.165, 1.54) is 0 Å². The Bertz CT molecular complexity index is 1190. The van der Waals surface area contributed by atoms with Crippen molar-refractivity contribution < 1.29 is 29.4 Å². The number of carbonyl (C=O) groups excluding carboxylic acids is 2. The SMILES string of the molecule is O=C(O)CN1C(=O)/C(=C2/SC(=S)N(C(Cc3ccccc3)C(=O)O)C2=O)c2ccccc21. The molecule has 1 saturated heterocycles. The summed E-state index contributed by atoms with van der Waals surface area (Å²) in [5, 5.41) is 19.0. The Balaban J connectivity index is 1.75. The van der Waals surface area contributed by atoms with Gasteiger partial charge in [0.1, 0.15) is 16.9 Å². The van der Waals surface area contributed by atoms with Crippen LogP contribution in [0, 0.1) is 0 Å². The van der Waals surface area contributed by atoms with Crippen LogP contribution in [0.15, 0.2) is 59.5 Å². The molecular formula is C22H16N2O6S2. The quantitative estimate of drug-likeness (QED) is 0.491. The predicted octanol–water partition coefficient (Wildman–Crippen LogP) is 2.39. The molecule has 0 saturated carbocycles. The molecule has 0 bridgehead atoms. The van der Waals surface area contributed by atoms with Crippen molar-refractivity contribution in [2.75, 3.05) is 11.4 Å². The lowest BCUT2D eigenvalue weighted by molar-refractivity contribution is -0.145. The number of hydrogen-bond donors (Lipinski definition) is 2. The van der Waals surface area contributed by atoms with Gasteiger partial charge in [-0.3, -0.25) is 24.2 Å². The molecule has 2 aromatic rings. The molecular weight excluding hydrogens is 452 g/mol. The smallest absolute Gasteiger partial charge is 0.327 e. The molecule has 0 radical (unpaired) electrons. The molecule has 2 aromatic carbocycles. The van der Waals surface area contributed by atoms with Crippen LogP contribution in [0.25, 0.3) is 5.57 Å². The molecule has 162 valence electrons. The summed E-state index contributed by atoms with van der Waals surface area (Å²) < 4.78 is 0.0304. The molecule has 2 amide bonds. The first-order valence-electron chi connectivity index (χ1n) is 9.49. The van der Waals surface area contributed by atoms with Crippen LogP contribution in [0.5, 0.6) is 0 Å². The molecule has 2 aliphatic rings. The largest absolute Gasteiger partial charge is 0.480 e. The van der Waals surface area contributed by atoms with E-state index in [9.17, 15) is 29.4 Å². The van der Waals surface area contributed by atoms with Crippen LogP contribution in [0.3, 0.4) is 0 Å². The number of carboxylic acid groups (broad SMARTS) is 2. The average molecular weight is 469 g/mol. The fourth-order valence-corrected chi connectivity index (χ4v) is 5.15. The lowest BCUT2D eigenvalue weighted by Gasteiger charge is -2.23. The van der Waals surface area contributed by atoms with Gasteiger partial charge in [-0.1, -0.05) is 72.5 Å². The number of amides is 2. The highest BCUT2D eigenvalue weighted by atomic mass is 32.2. The summed E-state index contributed by atoms with van der Waals surface area (Å²) in [6.07, 6.45) is 0.0426. The Morgan fingerprint density at radius 3 is 2.28 bits per heavy atom. The van der Waals surface area contributed by atoms with Gasteiger partial charge < -0.3 is 10.2 Å². The van der Waals surface area contributed by atoms with Gasteiger partial charge in [-0.25, -0.2) is 4.79 Å². The van der Waals surface area contributed by atoms with Crippen molar-refractivity contribution in [2.24, 2.45) is 0 Å². The second-order valence-electron chi connectivity index (χ2n) is 7.09. The minimum Gasteiger partial charge on any atom is -0.480 e. The fraction of sp³-hybridized carbons (Fsp3) is 0.136. The number of nitrogens with zero attached hydrogens (tertiary/aromatic N) is 2. The van der Waals surface area contributed by atoms with Gasteiger partial charge in [0.2, 0.25) is 0 Å². The van der Waals surface area contributed by atoms with E-state index in [0.717, 1.165) is 27.1 Å². The molecule has 8 nitrogen and oxygen atoms in total. The highest BCUT2D eigenvalue weighted by molar-refractivity contribution is 8.26. The maximum atomic E-state index is 13.3. The van der Waals surface area contributed by atoms with Crippen LogP contribution in [0.1, 0.15) is 11.1 Å².